The van der Waals surface area contributed by atoms with Crippen LogP contribution in [-0.2, 0) is 0 Å². The number of amides is 1. The van der Waals surface area contributed by atoms with Crippen LogP contribution in [0.15, 0.2) is 36.4 Å². The van der Waals surface area contributed by atoms with E-state index in [-0.39, 0.29) is 28.0 Å². The summed E-state index contributed by atoms with van der Waals surface area (Å²) >= 11 is 12.0. The van der Waals surface area contributed by atoms with Gasteiger partial charge < -0.3 is 15.2 Å². The summed E-state index contributed by atoms with van der Waals surface area (Å²) in [4.78, 5) is 24.2. The Morgan fingerprint density at radius 1 is 1.24 bits per heavy atom. The molecule has 0 aromatic heterocycles. The normalized spacial score (nSPS) is 18.9. The summed E-state index contributed by atoms with van der Waals surface area (Å²) < 4.78 is 5.47. The number of fused-ring (bicyclic) bond motifs is 1. The van der Waals surface area contributed by atoms with Crippen molar-refractivity contribution in [2.75, 3.05) is 6.61 Å². The lowest BCUT2D eigenvalue weighted by atomic mass is 9.95. The number of halogens is 2. The second-order valence-corrected chi connectivity index (χ2v) is 6.52. The van der Waals surface area contributed by atoms with Crippen LogP contribution in [0, 0.1) is 0 Å². The summed E-state index contributed by atoms with van der Waals surface area (Å²) in [6.07, 6.45) is -0.961. The molecule has 3 rings (SSSR count). The van der Waals surface area contributed by atoms with Crippen molar-refractivity contribution in [2.45, 2.75) is 19.1 Å². The minimum Gasteiger partial charge on any atom is -0.490 e. The molecule has 1 aliphatic rings. The van der Waals surface area contributed by atoms with Gasteiger partial charge in [0.05, 0.1) is 21.7 Å². The van der Waals surface area contributed by atoms with Crippen molar-refractivity contribution in [3.8, 4) is 5.75 Å². The number of benzene rings is 2. The highest BCUT2D eigenvalue weighted by Crippen LogP contribution is 2.34. The quantitative estimate of drug-likeness (QED) is 0.801. The Bertz CT molecular complexity index is 853. The Morgan fingerprint density at radius 2 is 2.00 bits per heavy atom. The first-order chi connectivity index (χ1) is 11.9. The molecule has 0 saturated heterocycles. The standard InChI is InChI=1S/C18H15Cl2NO4/c1-9(22)10-5-6-15-12(7-10)17(14(23)8-25-15)21-18(24)11-3-2-4-13(19)16(11)20/h2-7,14,17,23H,8H2,1H3,(H,21,24)/t14-,17-/m0/s1. The average molecular weight is 380 g/mol. The molecular weight excluding hydrogens is 365 g/mol. The molecule has 1 amide bonds. The molecule has 130 valence electrons. The zero-order valence-electron chi connectivity index (χ0n) is 13.3. The lowest BCUT2D eigenvalue weighted by Gasteiger charge is -2.31. The van der Waals surface area contributed by atoms with Gasteiger partial charge in [0, 0.05) is 11.1 Å². The van der Waals surface area contributed by atoms with Crippen molar-refractivity contribution in [2.24, 2.45) is 0 Å². The van der Waals surface area contributed by atoms with Crippen LogP contribution in [0.1, 0.15) is 39.2 Å². The van der Waals surface area contributed by atoms with Gasteiger partial charge in [-0.15, -0.1) is 0 Å². The van der Waals surface area contributed by atoms with Crippen molar-refractivity contribution >= 4 is 34.9 Å². The van der Waals surface area contributed by atoms with Crippen LogP contribution in [0.5, 0.6) is 5.75 Å². The van der Waals surface area contributed by atoms with Crippen LogP contribution in [0.3, 0.4) is 0 Å². The maximum Gasteiger partial charge on any atom is 0.253 e. The summed E-state index contributed by atoms with van der Waals surface area (Å²) in [7, 11) is 0. The number of carbonyl (C=O) groups excluding carboxylic acids is 2. The highest BCUT2D eigenvalue weighted by molar-refractivity contribution is 6.43. The molecule has 0 unspecified atom stereocenters. The van der Waals surface area contributed by atoms with Gasteiger partial charge in [0.15, 0.2) is 5.78 Å². The summed E-state index contributed by atoms with van der Waals surface area (Å²) in [5, 5.41) is 13.4. The first kappa shape index (κ1) is 17.7. The lowest BCUT2D eigenvalue weighted by molar-refractivity contribution is 0.0501. The summed E-state index contributed by atoms with van der Waals surface area (Å²) in [5.41, 5.74) is 1.21. The number of ether oxygens (including phenoxy) is 1. The molecule has 0 bridgehead atoms. The van der Waals surface area contributed by atoms with E-state index < -0.39 is 18.1 Å². The smallest absolute Gasteiger partial charge is 0.253 e. The van der Waals surface area contributed by atoms with Gasteiger partial charge in [0.25, 0.3) is 5.91 Å². The van der Waals surface area contributed by atoms with E-state index in [0.29, 0.717) is 16.9 Å². The first-order valence-corrected chi connectivity index (χ1v) is 8.34. The third-order valence-corrected chi connectivity index (χ3v) is 4.85. The molecule has 2 N–H and O–H groups in total. The monoisotopic (exact) mass is 379 g/mol. The number of carbonyl (C=O) groups is 2. The number of aliphatic hydroxyl groups is 1. The molecule has 1 heterocycles. The second-order valence-electron chi connectivity index (χ2n) is 5.74. The Morgan fingerprint density at radius 3 is 2.72 bits per heavy atom. The number of hydrogen-bond donors (Lipinski definition) is 2. The average Bonchev–Trinajstić information content (AvgIpc) is 2.59. The number of rotatable bonds is 3. The summed E-state index contributed by atoms with van der Waals surface area (Å²) in [6.45, 7) is 1.47. The molecule has 7 heteroatoms. The van der Waals surface area contributed by atoms with Crippen LogP contribution in [0.25, 0.3) is 0 Å². The van der Waals surface area contributed by atoms with Crippen molar-refractivity contribution in [3.05, 3.63) is 63.1 Å². The highest BCUT2D eigenvalue weighted by atomic mass is 35.5. The second kappa shape index (κ2) is 7.04. The van der Waals surface area contributed by atoms with Gasteiger partial charge >= 0.3 is 0 Å². The molecule has 2 atom stereocenters. The third-order valence-electron chi connectivity index (χ3n) is 4.03. The minimum absolute atomic E-state index is 0.0284. The van der Waals surface area contributed by atoms with Crippen LogP contribution in [0.2, 0.25) is 10.0 Å². The topological polar surface area (TPSA) is 75.6 Å². The first-order valence-electron chi connectivity index (χ1n) is 7.59. The molecule has 25 heavy (non-hydrogen) atoms. The van der Waals surface area contributed by atoms with Crippen LogP contribution >= 0.6 is 23.2 Å². The molecule has 2 aromatic carbocycles. The van der Waals surface area contributed by atoms with E-state index in [1.807, 2.05) is 0 Å². The van der Waals surface area contributed by atoms with Crippen molar-refractivity contribution < 1.29 is 19.4 Å². The number of ketones is 1. The van der Waals surface area contributed by atoms with Gasteiger partial charge in [-0.2, -0.15) is 0 Å². The predicted octanol–water partition coefficient (Wildman–Crippen LogP) is 3.42. The molecule has 0 fully saturated rings. The number of Topliss-reactive ketones (excluding diaryl/α,β-unsaturated/α-hetero) is 1. The Balaban J connectivity index is 1.95. The fourth-order valence-corrected chi connectivity index (χ4v) is 3.08. The van der Waals surface area contributed by atoms with E-state index in [1.165, 1.54) is 6.92 Å². The van der Waals surface area contributed by atoms with E-state index in [1.54, 1.807) is 36.4 Å². The lowest BCUT2D eigenvalue weighted by Crippen LogP contribution is -2.42. The Hall–Kier alpha value is -2.08. The predicted molar refractivity (Wildman–Crippen MR) is 94.6 cm³/mol. The van der Waals surface area contributed by atoms with Gasteiger partial charge in [0.1, 0.15) is 18.5 Å². The molecule has 5 nitrogen and oxygen atoms in total. The SMILES string of the molecule is CC(=O)c1ccc2c(c1)[C@H](NC(=O)c1cccc(Cl)c1Cl)[C@@H](O)CO2. The summed E-state index contributed by atoms with van der Waals surface area (Å²) in [5.74, 6) is -0.0822. The largest absolute Gasteiger partial charge is 0.490 e. The number of aliphatic hydroxyl groups excluding tert-OH is 1. The van der Waals surface area contributed by atoms with E-state index >= 15 is 0 Å². The van der Waals surface area contributed by atoms with Gasteiger partial charge in [-0.25, -0.2) is 0 Å². The molecule has 1 aliphatic heterocycles. The number of hydrogen-bond acceptors (Lipinski definition) is 4. The van der Waals surface area contributed by atoms with Crippen molar-refractivity contribution in [1.82, 2.24) is 5.32 Å². The molecule has 2 aromatic rings. The van der Waals surface area contributed by atoms with Gasteiger partial charge in [0.2, 0.25) is 0 Å². The van der Waals surface area contributed by atoms with E-state index in [0.717, 1.165) is 0 Å². The zero-order valence-corrected chi connectivity index (χ0v) is 14.8. The van der Waals surface area contributed by atoms with Crippen LogP contribution in [-0.4, -0.2) is 29.5 Å². The molecule has 0 saturated carbocycles. The maximum absolute atomic E-state index is 12.6. The molecular formula is C18H15Cl2NO4. The van der Waals surface area contributed by atoms with E-state index in [9.17, 15) is 14.7 Å². The number of nitrogens with one attached hydrogen (secondary N) is 1. The third kappa shape index (κ3) is 3.49. The minimum atomic E-state index is -0.961. The van der Waals surface area contributed by atoms with Gasteiger partial charge in [-0.1, -0.05) is 29.3 Å². The maximum atomic E-state index is 12.6. The Kier molecular flexibility index (Phi) is 4.99. The van der Waals surface area contributed by atoms with Gasteiger partial charge in [-0.05, 0) is 37.3 Å². The van der Waals surface area contributed by atoms with Crippen LogP contribution < -0.4 is 10.1 Å². The molecule has 0 spiro atoms. The Labute approximate surface area is 154 Å². The molecule has 0 aliphatic carbocycles. The fourth-order valence-electron chi connectivity index (χ4n) is 2.69. The molecule has 0 radical (unpaired) electrons. The van der Waals surface area contributed by atoms with E-state index in [4.69, 9.17) is 27.9 Å². The summed E-state index contributed by atoms with van der Waals surface area (Å²) in [6, 6.07) is 8.93. The van der Waals surface area contributed by atoms with Gasteiger partial charge in [-0.3, -0.25) is 9.59 Å². The van der Waals surface area contributed by atoms with Crippen LogP contribution in [0.4, 0.5) is 0 Å². The van der Waals surface area contributed by atoms with Crippen molar-refractivity contribution in [1.29, 1.82) is 0 Å². The zero-order chi connectivity index (χ0) is 18.1. The highest BCUT2D eigenvalue weighted by Gasteiger charge is 2.32. The van der Waals surface area contributed by atoms with E-state index in [2.05, 4.69) is 5.32 Å². The fraction of sp³-hybridized carbons (Fsp3) is 0.222. The van der Waals surface area contributed by atoms with Crippen molar-refractivity contribution in [3.63, 3.8) is 0 Å².